The first-order valence-corrected chi connectivity index (χ1v) is 7.66. The van der Waals surface area contributed by atoms with Crippen LogP contribution in [0.2, 0.25) is 0 Å². The maximum absolute atomic E-state index is 13.0. The molecule has 19 heavy (non-hydrogen) atoms. The lowest BCUT2D eigenvalue weighted by Crippen LogP contribution is -2.44. The number of piperidine rings is 1. The van der Waals surface area contributed by atoms with E-state index in [2.05, 4.69) is 17.1 Å². The Morgan fingerprint density at radius 2 is 2.16 bits per heavy atom. The molecule has 0 atom stereocenters. The summed E-state index contributed by atoms with van der Waals surface area (Å²) in [6, 6.07) is 4.50. The first-order valence-electron chi connectivity index (χ1n) is 6.58. The van der Waals surface area contributed by atoms with Crippen molar-refractivity contribution in [2.45, 2.75) is 25.8 Å². The third-order valence-electron chi connectivity index (χ3n) is 3.55. The Balaban J connectivity index is 1.94. The van der Waals surface area contributed by atoms with E-state index < -0.39 is 0 Å². The predicted octanol–water partition coefficient (Wildman–Crippen LogP) is 2.64. The van der Waals surface area contributed by atoms with Gasteiger partial charge in [0.1, 0.15) is 5.82 Å². The SMILES string of the molecule is CCN1CCC(NC(=O)c2ccc(F)cc2I)CC1. The van der Waals surface area contributed by atoms with Crippen LogP contribution in [0.5, 0.6) is 0 Å². The van der Waals surface area contributed by atoms with E-state index in [-0.39, 0.29) is 17.8 Å². The number of nitrogens with one attached hydrogen (secondary N) is 1. The molecule has 1 aliphatic heterocycles. The molecular weight excluding hydrogens is 358 g/mol. The summed E-state index contributed by atoms with van der Waals surface area (Å²) in [7, 11) is 0. The number of hydrogen-bond acceptors (Lipinski definition) is 2. The summed E-state index contributed by atoms with van der Waals surface area (Å²) in [6.07, 6.45) is 1.97. The van der Waals surface area contributed by atoms with Gasteiger partial charge in [-0.15, -0.1) is 0 Å². The molecule has 2 rings (SSSR count). The molecule has 0 bridgehead atoms. The van der Waals surface area contributed by atoms with Gasteiger partial charge in [-0.05, 0) is 60.2 Å². The monoisotopic (exact) mass is 376 g/mol. The number of nitrogens with zero attached hydrogens (tertiary/aromatic N) is 1. The molecule has 3 nitrogen and oxygen atoms in total. The maximum atomic E-state index is 13.0. The van der Waals surface area contributed by atoms with Crippen molar-refractivity contribution in [3.05, 3.63) is 33.1 Å². The second-order valence-electron chi connectivity index (χ2n) is 4.81. The van der Waals surface area contributed by atoms with Crippen molar-refractivity contribution in [1.82, 2.24) is 10.2 Å². The summed E-state index contributed by atoms with van der Waals surface area (Å²) in [5, 5.41) is 3.05. The molecule has 1 N–H and O–H groups in total. The van der Waals surface area contributed by atoms with Gasteiger partial charge < -0.3 is 10.2 Å². The van der Waals surface area contributed by atoms with E-state index in [9.17, 15) is 9.18 Å². The van der Waals surface area contributed by atoms with Gasteiger partial charge >= 0.3 is 0 Å². The number of benzene rings is 1. The van der Waals surface area contributed by atoms with E-state index in [1.54, 1.807) is 6.07 Å². The van der Waals surface area contributed by atoms with Gasteiger partial charge in [-0.25, -0.2) is 4.39 Å². The molecule has 1 aromatic carbocycles. The number of rotatable bonds is 3. The van der Waals surface area contributed by atoms with Crippen LogP contribution in [0.3, 0.4) is 0 Å². The summed E-state index contributed by atoms with van der Waals surface area (Å²) >= 11 is 2.00. The van der Waals surface area contributed by atoms with Crippen molar-refractivity contribution in [1.29, 1.82) is 0 Å². The number of hydrogen-bond donors (Lipinski definition) is 1. The smallest absolute Gasteiger partial charge is 0.252 e. The minimum Gasteiger partial charge on any atom is -0.349 e. The summed E-state index contributed by atoms with van der Waals surface area (Å²) < 4.78 is 13.7. The van der Waals surface area contributed by atoms with Crippen LogP contribution in [-0.2, 0) is 0 Å². The van der Waals surface area contributed by atoms with Crippen molar-refractivity contribution >= 4 is 28.5 Å². The minimum atomic E-state index is -0.308. The van der Waals surface area contributed by atoms with E-state index in [0.717, 1.165) is 32.5 Å². The Morgan fingerprint density at radius 3 is 2.74 bits per heavy atom. The number of amides is 1. The van der Waals surface area contributed by atoms with Crippen molar-refractivity contribution in [3.8, 4) is 0 Å². The van der Waals surface area contributed by atoms with Crippen LogP contribution in [0.4, 0.5) is 4.39 Å². The lowest BCUT2D eigenvalue weighted by atomic mass is 10.0. The summed E-state index contributed by atoms with van der Waals surface area (Å²) in [6.45, 7) is 5.28. The predicted molar refractivity (Wildman–Crippen MR) is 81.7 cm³/mol. The van der Waals surface area contributed by atoms with Crippen LogP contribution in [-0.4, -0.2) is 36.5 Å². The highest BCUT2D eigenvalue weighted by molar-refractivity contribution is 14.1. The van der Waals surface area contributed by atoms with Crippen LogP contribution < -0.4 is 5.32 Å². The van der Waals surface area contributed by atoms with Crippen LogP contribution in [0.1, 0.15) is 30.1 Å². The molecular formula is C14H18FIN2O. The normalized spacial score (nSPS) is 17.4. The second-order valence-corrected chi connectivity index (χ2v) is 5.97. The van der Waals surface area contributed by atoms with E-state index in [0.29, 0.717) is 9.13 Å². The van der Waals surface area contributed by atoms with Crippen molar-refractivity contribution in [2.24, 2.45) is 0 Å². The van der Waals surface area contributed by atoms with Crippen LogP contribution in [0, 0.1) is 9.39 Å². The highest BCUT2D eigenvalue weighted by atomic mass is 127. The molecule has 1 fully saturated rings. The van der Waals surface area contributed by atoms with Gasteiger partial charge in [0.2, 0.25) is 0 Å². The quantitative estimate of drug-likeness (QED) is 0.823. The van der Waals surface area contributed by atoms with Gasteiger partial charge in [-0.1, -0.05) is 6.92 Å². The molecule has 0 spiro atoms. The third kappa shape index (κ3) is 3.89. The average molecular weight is 376 g/mol. The average Bonchev–Trinajstić information content (AvgIpc) is 2.39. The standard InChI is InChI=1S/C14H18FIN2O/c1-2-18-7-5-11(6-8-18)17-14(19)12-4-3-10(15)9-13(12)16/h3-4,9,11H,2,5-8H2,1H3,(H,17,19). The Hall–Kier alpha value is -0.690. The fourth-order valence-corrected chi connectivity index (χ4v) is 3.05. The van der Waals surface area contributed by atoms with Gasteiger partial charge in [-0.3, -0.25) is 4.79 Å². The Labute approximate surface area is 126 Å². The van der Waals surface area contributed by atoms with E-state index in [1.165, 1.54) is 12.1 Å². The molecule has 0 aliphatic carbocycles. The van der Waals surface area contributed by atoms with Gasteiger partial charge in [0.25, 0.3) is 5.91 Å². The molecule has 0 aromatic heterocycles. The molecule has 1 saturated heterocycles. The first kappa shape index (κ1) is 14.7. The highest BCUT2D eigenvalue weighted by Crippen LogP contribution is 2.15. The van der Waals surface area contributed by atoms with E-state index in [1.807, 2.05) is 22.6 Å². The molecule has 0 unspecified atom stereocenters. The van der Waals surface area contributed by atoms with Crippen molar-refractivity contribution in [2.75, 3.05) is 19.6 Å². The maximum Gasteiger partial charge on any atom is 0.252 e. The lowest BCUT2D eigenvalue weighted by molar-refractivity contribution is 0.0911. The first-order chi connectivity index (χ1) is 9.10. The molecule has 104 valence electrons. The number of likely N-dealkylation sites (tertiary alicyclic amines) is 1. The zero-order valence-corrected chi connectivity index (χ0v) is 13.1. The fraction of sp³-hybridized carbons (Fsp3) is 0.500. The Kier molecular flexibility index (Phi) is 5.15. The number of halogens is 2. The highest BCUT2D eigenvalue weighted by Gasteiger charge is 2.21. The van der Waals surface area contributed by atoms with Gasteiger partial charge in [0, 0.05) is 22.7 Å². The third-order valence-corrected chi connectivity index (χ3v) is 4.44. The summed E-state index contributed by atoms with van der Waals surface area (Å²) in [4.78, 5) is 14.5. The van der Waals surface area contributed by atoms with Gasteiger partial charge in [0.15, 0.2) is 0 Å². The van der Waals surface area contributed by atoms with Crippen molar-refractivity contribution in [3.63, 3.8) is 0 Å². The molecule has 1 aromatic rings. The van der Waals surface area contributed by atoms with Crippen LogP contribution >= 0.6 is 22.6 Å². The van der Waals surface area contributed by atoms with E-state index in [4.69, 9.17) is 0 Å². The lowest BCUT2D eigenvalue weighted by Gasteiger charge is -2.31. The number of carbonyl (C=O) groups excluding carboxylic acids is 1. The zero-order valence-electron chi connectivity index (χ0n) is 11.0. The Morgan fingerprint density at radius 1 is 1.47 bits per heavy atom. The molecule has 0 radical (unpaired) electrons. The topological polar surface area (TPSA) is 32.3 Å². The largest absolute Gasteiger partial charge is 0.349 e. The molecule has 1 heterocycles. The Bertz CT molecular complexity index is 459. The fourth-order valence-electron chi connectivity index (χ4n) is 2.33. The van der Waals surface area contributed by atoms with Crippen LogP contribution in [0.25, 0.3) is 0 Å². The minimum absolute atomic E-state index is 0.0978. The molecule has 5 heteroatoms. The van der Waals surface area contributed by atoms with Gasteiger partial charge in [-0.2, -0.15) is 0 Å². The molecule has 0 saturated carbocycles. The van der Waals surface area contributed by atoms with Gasteiger partial charge in [0.05, 0.1) is 5.56 Å². The summed E-state index contributed by atoms with van der Waals surface area (Å²) in [5.74, 6) is -0.406. The molecule has 1 amide bonds. The zero-order chi connectivity index (χ0) is 13.8. The van der Waals surface area contributed by atoms with Crippen molar-refractivity contribution < 1.29 is 9.18 Å². The van der Waals surface area contributed by atoms with E-state index >= 15 is 0 Å². The number of carbonyl (C=O) groups is 1. The second kappa shape index (κ2) is 6.65. The summed E-state index contributed by atoms with van der Waals surface area (Å²) in [5.41, 5.74) is 0.555. The molecule has 1 aliphatic rings. The van der Waals surface area contributed by atoms with Crippen LogP contribution in [0.15, 0.2) is 18.2 Å².